The van der Waals surface area contributed by atoms with E-state index in [9.17, 15) is 18.0 Å². The highest BCUT2D eigenvalue weighted by Gasteiger charge is 2.33. The van der Waals surface area contributed by atoms with Gasteiger partial charge in [-0.1, -0.05) is 55.0 Å². The molecule has 2 amide bonds. The number of sulfonamides is 1. The van der Waals surface area contributed by atoms with Crippen LogP contribution in [0.5, 0.6) is 0 Å². The summed E-state index contributed by atoms with van der Waals surface area (Å²) in [4.78, 5) is 29.8. The van der Waals surface area contributed by atoms with Gasteiger partial charge >= 0.3 is 0 Å². The molecular formula is C31H39N3O4S2. The van der Waals surface area contributed by atoms with Crippen LogP contribution in [0.4, 0.5) is 5.69 Å². The third-order valence-corrected chi connectivity index (χ3v) is 9.08. The molecule has 9 heteroatoms. The maximum absolute atomic E-state index is 14.0. The SMILES string of the molecule is CC[C@H](C(=O)NC(C)C)N(CCc1ccccc1)C(=O)CN(c1ccc(C)cc1)S(=O)(=O)c1ccc(SC)cc1. The second kappa shape index (κ2) is 14.4. The number of carbonyl (C=O) groups excluding carboxylic acids is 2. The van der Waals surface area contributed by atoms with Crippen LogP contribution in [0.15, 0.2) is 88.7 Å². The Hall–Kier alpha value is -3.30. The van der Waals surface area contributed by atoms with Gasteiger partial charge in [-0.15, -0.1) is 11.8 Å². The Morgan fingerprint density at radius 1 is 0.925 bits per heavy atom. The van der Waals surface area contributed by atoms with Crippen LogP contribution in [0.2, 0.25) is 0 Å². The first-order valence-electron chi connectivity index (χ1n) is 13.4. The highest BCUT2D eigenvalue weighted by atomic mass is 32.2. The predicted octanol–water partition coefficient (Wildman–Crippen LogP) is 5.29. The second-order valence-electron chi connectivity index (χ2n) is 9.93. The lowest BCUT2D eigenvalue weighted by Crippen LogP contribution is -2.54. The summed E-state index contributed by atoms with van der Waals surface area (Å²) in [5.41, 5.74) is 2.38. The zero-order chi connectivity index (χ0) is 29.3. The van der Waals surface area contributed by atoms with Crippen LogP contribution in [0.25, 0.3) is 0 Å². The number of carbonyl (C=O) groups is 2. The number of amides is 2. The van der Waals surface area contributed by atoms with Gasteiger partial charge in [0.1, 0.15) is 12.6 Å². The average molecular weight is 582 g/mol. The van der Waals surface area contributed by atoms with Gasteiger partial charge in [0.05, 0.1) is 10.6 Å². The molecule has 0 fully saturated rings. The molecule has 40 heavy (non-hydrogen) atoms. The lowest BCUT2D eigenvalue weighted by molar-refractivity contribution is -0.139. The molecular weight excluding hydrogens is 542 g/mol. The molecule has 3 rings (SSSR count). The largest absolute Gasteiger partial charge is 0.352 e. The quantitative estimate of drug-likeness (QED) is 0.277. The Labute approximate surface area is 243 Å². The van der Waals surface area contributed by atoms with Crippen LogP contribution in [-0.2, 0) is 26.0 Å². The van der Waals surface area contributed by atoms with Crippen molar-refractivity contribution in [3.05, 3.63) is 90.0 Å². The molecule has 0 spiro atoms. The van der Waals surface area contributed by atoms with E-state index in [1.54, 1.807) is 36.4 Å². The highest BCUT2D eigenvalue weighted by Crippen LogP contribution is 2.26. The molecule has 0 aliphatic heterocycles. The summed E-state index contributed by atoms with van der Waals surface area (Å²) in [7, 11) is -4.08. The van der Waals surface area contributed by atoms with Crippen molar-refractivity contribution in [3.63, 3.8) is 0 Å². The smallest absolute Gasteiger partial charge is 0.264 e. The Bertz CT molecular complexity index is 1360. The minimum atomic E-state index is -4.08. The van der Waals surface area contributed by atoms with Crippen molar-refractivity contribution in [3.8, 4) is 0 Å². The fourth-order valence-corrected chi connectivity index (χ4v) is 6.21. The summed E-state index contributed by atoms with van der Waals surface area (Å²) in [6.07, 6.45) is 2.85. The normalized spacial score (nSPS) is 12.2. The minimum Gasteiger partial charge on any atom is -0.352 e. The molecule has 0 saturated carbocycles. The average Bonchev–Trinajstić information content (AvgIpc) is 2.94. The molecule has 0 unspecified atom stereocenters. The number of aryl methyl sites for hydroxylation is 1. The predicted molar refractivity (Wildman–Crippen MR) is 163 cm³/mol. The fraction of sp³-hybridized carbons (Fsp3) is 0.355. The number of hydrogen-bond donors (Lipinski definition) is 1. The first-order chi connectivity index (χ1) is 19.1. The van der Waals surface area contributed by atoms with Crippen molar-refractivity contribution >= 4 is 39.3 Å². The van der Waals surface area contributed by atoms with E-state index in [2.05, 4.69) is 5.32 Å². The first kappa shape index (κ1) is 31.2. The number of anilines is 1. The molecule has 214 valence electrons. The number of rotatable bonds is 13. The van der Waals surface area contributed by atoms with Crippen molar-refractivity contribution in [1.82, 2.24) is 10.2 Å². The van der Waals surface area contributed by atoms with E-state index in [1.807, 2.05) is 76.4 Å². The lowest BCUT2D eigenvalue weighted by atomic mass is 10.1. The standard InChI is InChI=1S/C31H39N3O4S2/c1-6-29(31(36)32-23(2)3)33(21-20-25-10-8-7-9-11-25)30(35)22-34(26-14-12-24(4)13-15-26)40(37,38)28-18-16-27(39-5)17-19-28/h7-19,23,29H,6,20-22H2,1-5H3,(H,32,36)/t29-/m1/s1. The monoisotopic (exact) mass is 581 g/mol. The third kappa shape index (κ3) is 8.11. The Kier molecular flexibility index (Phi) is 11.2. The number of nitrogens with one attached hydrogen (secondary N) is 1. The van der Waals surface area contributed by atoms with E-state index in [0.717, 1.165) is 20.3 Å². The van der Waals surface area contributed by atoms with E-state index in [-0.39, 0.29) is 23.4 Å². The van der Waals surface area contributed by atoms with Crippen LogP contribution >= 0.6 is 11.8 Å². The molecule has 0 radical (unpaired) electrons. The summed E-state index contributed by atoms with van der Waals surface area (Å²) < 4.78 is 29.0. The second-order valence-corrected chi connectivity index (χ2v) is 12.7. The zero-order valence-electron chi connectivity index (χ0n) is 23.8. The summed E-state index contributed by atoms with van der Waals surface area (Å²) in [6, 6.07) is 22.6. The zero-order valence-corrected chi connectivity index (χ0v) is 25.5. The van der Waals surface area contributed by atoms with Crippen LogP contribution in [0.1, 0.15) is 38.3 Å². The number of benzene rings is 3. The van der Waals surface area contributed by atoms with Gasteiger partial charge in [-0.3, -0.25) is 13.9 Å². The summed E-state index contributed by atoms with van der Waals surface area (Å²) in [6.45, 7) is 7.35. The Balaban J connectivity index is 2.00. The van der Waals surface area contributed by atoms with Gasteiger partial charge < -0.3 is 10.2 Å². The summed E-state index contributed by atoms with van der Waals surface area (Å²) >= 11 is 1.52. The van der Waals surface area contributed by atoms with Gasteiger partial charge in [-0.2, -0.15) is 0 Å². The first-order valence-corrected chi connectivity index (χ1v) is 16.1. The third-order valence-electron chi connectivity index (χ3n) is 6.55. The van der Waals surface area contributed by atoms with E-state index in [1.165, 1.54) is 16.7 Å². The molecule has 3 aromatic rings. The van der Waals surface area contributed by atoms with Crippen molar-refractivity contribution in [2.24, 2.45) is 0 Å². The molecule has 7 nitrogen and oxygen atoms in total. The van der Waals surface area contributed by atoms with Crippen molar-refractivity contribution < 1.29 is 18.0 Å². The Morgan fingerprint density at radius 3 is 2.10 bits per heavy atom. The molecule has 1 N–H and O–H groups in total. The molecule has 0 bridgehead atoms. The van der Waals surface area contributed by atoms with Crippen molar-refractivity contribution in [2.75, 3.05) is 23.7 Å². The lowest BCUT2D eigenvalue weighted by Gasteiger charge is -2.33. The maximum Gasteiger partial charge on any atom is 0.264 e. The fourth-order valence-electron chi connectivity index (χ4n) is 4.39. The van der Waals surface area contributed by atoms with Gasteiger partial charge in [0, 0.05) is 17.5 Å². The van der Waals surface area contributed by atoms with Gasteiger partial charge in [-0.25, -0.2) is 8.42 Å². The van der Waals surface area contributed by atoms with Gasteiger partial charge in [-0.05, 0) is 81.8 Å². The summed E-state index contributed by atoms with van der Waals surface area (Å²) in [5.74, 6) is -0.692. The van der Waals surface area contributed by atoms with Crippen LogP contribution in [0, 0.1) is 6.92 Å². The molecule has 0 aromatic heterocycles. The van der Waals surface area contributed by atoms with Crippen molar-refractivity contribution in [2.45, 2.75) is 62.4 Å². The van der Waals surface area contributed by atoms with E-state index >= 15 is 0 Å². The van der Waals surface area contributed by atoms with Crippen molar-refractivity contribution in [1.29, 1.82) is 0 Å². The van der Waals surface area contributed by atoms with Crippen LogP contribution in [-0.4, -0.2) is 56.6 Å². The van der Waals surface area contributed by atoms with E-state index in [0.29, 0.717) is 18.5 Å². The maximum atomic E-state index is 14.0. The topological polar surface area (TPSA) is 86.8 Å². The molecule has 1 atom stereocenters. The minimum absolute atomic E-state index is 0.0960. The molecule has 0 aliphatic carbocycles. The highest BCUT2D eigenvalue weighted by molar-refractivity contribution is 7.98. The van der Waals surface area contributed by atoms with Gasteiger partial charge in [0.2, 0.25) is 11.8 Å². The molecule has 0 saturated heterocycles. The summed E-state index contributed by atoms with van der Waals surface area (Å²) in [5, 5.41) is 2.92. The number of thioether (sulfide) groups is 1. The van der Waals surface area contributed by atoms with Gasteiger partial charge in [0.25, 0.3) is 10.0 Å². The van der Waals surface area contributed by atoms with E-state index < -0.39 is 28.5 Å². The Morgan fingerprint density at radius 2 is 1.55 bits per heavy atom. The molecule has 0 heterocycles. The number of hydrogen-bond acceptors (Lipinski definition) is 5. The van der Waals surface area contributed by atoms with Crippen LogP contribution in [0.3, 0.4) is 0 Å². The molecule has 0 aliphatic rings. The van der Waals surface area contributed by atoms with Crippen LogP contribution < -0.4 is 9.62 Å². The molecule has 3 aromatic carbocycles. The number of nitrogens with zero attached hydrogens (tertiary/aromatic N) is 2. The van der Waals surface area contributed by atoms with Gasteiger partial charge in [0.15, 0.2) is 0 Å². The van der Waals surface area contributed by atoms with E-state index in [4.69, 9.17) is 0 Å².